The van der Waals surface area contributed by atoms with Crippen LogP contribution in [0.2, 0.25) is 0 Å². The first-order valence-electron chi connectivity index (χ1n) is 6.83. The van der Waals surface area contributed by atoms with Crippen molar-refractivity contribution in [1.82, 2.24) is 4.90 Å². The fourth-order valence-electron chi connectivity index (χ4n) is 2.56. The highest BCUT2D eigenvalue weighted by Crippen LogP contribution is 2.22. The number of hydrogen-bond donors (Lipinski definition) is 0. The molecule has 0 atom stereocenters. The van der Waals surface area contributed by atoms with Gasteiger partial charge in [0.1, 0.15) is 0 Å². The van der Waals surface area contributed by atoms with Crippen LogP contribution in [-0.2, 0) is 6.54 Å². The summed E-state index contributed by atoms with van der Waals surface area (Å²) in [4.78, 5) is 2.49. The van der Waals surface area contributed by atoms with Crippen molar-refractivity contribution < 1.29 is 0 Å². The summed E-state index contributed by atoms with van der Waals surface area (Å²) in [5, 5.41) is 0. The summed E-state index contributed by atoms with van der Waals surface area (Å²) < 4.78 is 0. The second kappa shape index (κ2) is 5.85. The second-order valence-corrected chi connectivity index (χ2v) is 4.99. The predicted molar refractivity (Wildman–Crippen MR) is 79.6 cm³/mol. The van der Waals surface area contributed by atoms with E-state index in [4.69, 9.17) is 0 Å². The van der Waals surface area contributed by atoms with Crippen LogP contribution in [0.1, 0.15) is 17.5 Å². The number of rotatable bonds is 3. The standard InChI is InChI=1S/C18H18N/c1-3-7-16(8-4-1)15-19-13-11-18(12-14-19)17-9-5-2-6-10-17/h1,3-11H,12-15H2. The van der Waals surface area contributed by atoms with Gasteiger partial charge >= 0.3 is 0 Å². The maximum absolute atomic E-state index is 3.08. The summed E-state index contributed by atoms with van der Waals surface area (Å²) in [7, 11) is 0. The minimum Gasteiger partial charge on any atom is -0.295 e. The van der Waals surface area contributed by atoms with Crippen molar-refractivity contribution in [3.05, 3.63) is 77.9 Å². The van der Waals surface area contributed by atoms with E-state index < -0.39 is 0 Å². The number of benzene rings is 2. The van der Waals surface area contributed by atoms with Gasteiger partial charge in [0, 0.05) is 19.6 Å². The van der Waals surface area contributed by atoms with Gasteiger partial charge in [-0.15, -0.1) is 0 Å². The van der Waals surface area contributed by atoms with Gasteiger partial charge in [0.05, 0.1) is 0 Å². The first-order valence-corrected chi connectivity index (χ1v) is 6.83. The van der Waals surface area contributed by atoms with Crippen molar-refractivity contribution in [2.75, 3.05) is 13.1 Å². The summed E-state index contributed by atoms with van der Waals surface area (Å²) >= 11 is 0. The zero-order valence-corrected chi connectivity index (χ0v) is 11.0. The van der Waals surface area contributed by atoms with Crippen molar-refractivity contribution in [2.24, 2.45) is 0 Å². The molecule has 1 radical (unpaired) electrons. The Morgan fingerprint density at radius 2 is 1.79 bits per heavy atom. The molecule has 0 saturated carbocycles. The molecule has 0 saturated heterocycles. The quantitative estimate of drug-likeness (QED) is 0.799. The summed E-state index contributed by atoms with van der Waals surface area (Å²) in [6.45, 7) is 3.23. The molecule has 2 aromatic carbocycles. The van der Waals surface area contributed by atoms with E-state index in [0.717, 1.165) is 26.1 Å². The molecule has 0 N–H and O–H groups in total. The normalized spacial score (nSPS) is 16.1. The third-order valence-electron chi connectivity index (χ3n) is 3.63. The third-order valence-corrected chi connectivity index (χ3v) is 3.63. The fraction of sp³-hybridized carbons (Fsp3) is 0.222. The topological polar surface area (TPSA) is 3.24 Å². The van der Waals surface area contributed by atoms with Crippen LogP contribution >= 0.6 is 0 Å². The van der Waals surface area contributed by atoms with Gasteiger partial charge in [-0.3, -0.25) is 4.90 Å². The van der Waals surface area contributed by atoms with Crippen LogP contribution in [0.3, 0.4) is 0 Å². The maximum Gasteiger partial charge on any atom is 0.0237 e. The number of nitrogens with zero attached hydrogens (tertiary/aromatic N) is 1. The molecule has 0 aliphatic carbocycles. The Bertz CT molecular complexity index is 542. The SMILES string of the molecule is [c]1ccc(C2=CCN(Cc3ccccc3)CC2)cc1. The molecular weight excluding hydrogens is 230 g/mol. The highest BCUT2D eigenvalue weighted by atomic mass is 15.1. The van der Waals surface area contributed by atoms with Gasteiger partial charge in [0.15, 0.2) is 0 Å². The van der Waals surface area contributed by atoms with Crippen LogP contribution in [0.4, 0.5) is 0 Å². The van der Waals surface area contributed by atoms with Crippen LogP contribution in [-0.4, -0.2) is 18.0 Å². The van der Waals surface area contributed by atoms with Gasteiger partial charge < -0.3 is 0 Å². The maximum atomic E-state index is 3.08. The Hall–Kier alpha value is -1.86. The molecule has 95 valence electrons. The zero-order chi connectivity index (χ0) is 12.9. The summed E-state index contributed by atoms with van der Waals surface area (Å²) in [6, 6.07) is 22.1. The molecule has 1 aliphatic heterocycles. The lowest BCUT2D eigenvalue weighted by Crippen LogP contribution is -2.27. The molecule has 0 unspecified atom stereocenters. The van der Waals surface area contributed by atoms with Crippen LogP contribution in [0.25, 0.3) is 5.57 Å². The molecule has 1 aliphatic rings. The van der Waals surface area contributed by atoms with E-state index >= 15 is 0 Å². The largest absolute Gasteiger partial charge is 0.295 e. The van der Waals surface area contributed by atoms with Crippen molar-refractivity contribution >= 4 is 5.57 Å². The van der Waals surface area contributed by atoms with Crippen molar-refractivity contribution in [3.63, 3.8) is 0 Å². The third kappa shape index (κ3) is 3.12. The molecule has 1 heteroatoms. The highest BCUT2D eigenvalue weighted by Gasteiger charge is 2.12. The van der Waals surface area contributed by atoms with Crippen LogP contribution < -0.4 is 0 Å². The van der Waals surface area contributed by atoms with Gasteiger partial charge in [-0.25, -0.2) is 0 Å². The van der Waals surface area contributed by atoms with Crippen LogP contribution in [0, 0.1) is 6.07 Å². The molecule has 0 bridgehead atoms. The van der Waals surface area contributed by atoms with E-state index in [2.05, 4.69) is 59.5 Å². The molecule has 0 spiro atoms. The van der Waals surface area contributed by atoms with Crippen LogP contribution in [0.5, 0.6) is 0 Å². The van der Waals surface area contributed by atoms with Crippen molar-refractivity contribution in [2.45, 2.75) is 13.0 Å². The van der Waals surface area contributed by atoms with Crippen molar-refractivity contribution in [3.8, 4) is 0 Å². The van der Waals surface area contributed by atoms with E-state index in [1.807, 2.05) is 12.1 Å². The molecule has 0 fully saturated rings. The molecule has 1 nitrogen and oxygen atoms in total. The summed E-state index contributed by atoms with van der Waals surface area (Å²) in [5.74, 6) is 0. The van der Waals surface area contributed by atoms with Gasteiger partial charge in [0.2, 0.25) is 0 Å². The van der Waals surface area contributed by atoms with Crippen molar-refractivity contribution in [1.29, 1.82) is 0 Å². The monoisotopic (exact) mass is 248 g/mol. The number of hydrogen-bond acceptors (Lipinski definition) is 1. The Labute approximate surface area is 115 Å². The van der Waals surface area contributed by atoms with Gasteiger partial charge in [-0.05, 0) is 29.2 Å². The molecule has 0 amide bonds. The van der Waals surface area contributed by atoms with Gasteiger partial charge in [-0.1, -0.05) is 60.7 Å². The Morgan fingerprint density at radius 1 is 1.00 bits per heavy atom. The molecule has 0 aromatic heterocycles. The average Bonchev–Trinajstić information content (AvgIpc) is 2.50. The molecule has 1 heterocycles. The Balaban J connectivity index is 1.64. The molecule has 19 heavy (non-hydrogen) atoms. The predicted octanol–water partition coefficient (Wildman–Crippen LogP) is 3.78. The smallest absolute Gasteiger partial charge is 0.0237 e. The lowest BCUT2D eigenvalue weighted by atomic mass is 9.99. The van der Waals surface area contributed by atoms with E-state index in [1.165, 1.54) is 16.7 Å². The molecular formula is C18H18N. The minimum absolute atomic E-state index is 1.04. The average molecular weight is 248 g/mol. The Kier molecular flexibility index (Phi) is 3.75. The first kappa shape index (κ1) is 12.2. The zero-order valence-electron chi connectivity index (χ0n) is 11.0. The lowest BCUT2D eigenvalue weighted by molar-refractivity contribution is 0.294. The summed E-state index contributed by atoms with van der Waals surface area (Å²) in [5.41, 5.74) is 4.21. The first-order chi connectivity index (χ1) is 9.42. The molecule has 3 rings (SSSR count). The van der Waals surface area contributed by atoms with E-state index in [-0.39, 0.29) is 0 Å². The van der Waals surface area contributed by atoms with E-state index in [0.29, 0.717) is 0 Å². The Morgan fingerprint density at radius 3 is 2.47 bits per heavy atom. The minimum atomic E-state index is 1.04. The van der Waals surface area contributed by atoms with E-state index in [1.54, 1.807) is 0 Å². The highest BCUT2D eigenvalue weighted by molar-refractivity contribution is 5.66. The molecule has 2 aromatic rings. The van der Waals surface area contributed by atoms with Gasteiger partial charge in [-0.2, -0.15) is 0 Å². The van der Waals surface area contributed by atoms with Gasteiger partial charge in [0.25, 0.3) is 0 Å². The van der Waals surface area contributed by atoms with Crippen LogP contribution in [0.15, 0.2) is 60.7 Å². The summed E-state index contributed by atoms with van der Waals surface area (Å²) in [6.07, 6.45) is 3.50. The second-order valence-electron chi connectivity index (χ2n) is 4.99. The van der Waals surface area contributed by atoms with E-state index in [9.17, 15) is 0 Å². The lowest BCUT2D eigenvalue weighted by Gasteiger charge is -2.26. The fourth-order valence-corrected chi connectivity index (χ4v) is 2.56.